The third kappa shape index (κ3) is 4.48. The van der Waals surface area contributed by atoms with Gasteiger partial charge in [0.25, 0.3) is 0 Å². The number of methoxy groups -OCH3 is 1. The molecule has 0 fully saturated rings. The summed E-state index contributed by atoms with van der Waals surface area (Å²) in [6.07, 6.45) is -0.568. The van der Waals surface area contributed by atoms with Crippen LogP contribution in [-0.4, -0.2) is 43.9 Å². The fraction of sp³-hybridized carbons (Fsp3) is 0.417. The predicted octanol–water partition coefficient (Wildman–Crippen LogP) is 0.199. The molecule has 1 atom stereocenters. The molecule has 8 heteroatoms. The molecule has 0 saturated heterocycles. The largest absolute Gasteiger partial charge is 0.495 e. The van der Waals surface area contributed by atoms with Crippen molar-refractivity contribution in [2.24, 2.45) is 0 Å². The van der Waals surface area contributed by atoms with Crippen LogP contribution in [0.25, 0.3) is 0 Å². The Kier molecular flexibility index (Phi) is 5.09. The number of aliphatic hydroxyl groups is 1. The monoisotopic (exact) mass is 303 g/mol. The number of hydrogen-bond donors (Lipinski definition) is 3. The zero-order valence-electron chi connectivity index (χ0n) is 11.2. The summed E-state index contributed by atoms with van der Waals surface area (Å²) in [4.78, 5) is 10.5. The lowest BCUT2D eigenvalue weighted by Crippen LogP contribution is -2.42. The average Bonchev–Trinajstić information content (AvgIpc) is 2.35. The van der Waals surface area contributed by atoms with Gasteiger partial charge in [-0.15, -0.1) is 0 Å². The lowest BCUT2D eigenvalue weighted by molar-refractivity contribution is -0.141. The first kappa shape index (κ1) is 16.4. The zero-order valence-corrected chi connectivity index (χ0v) is 12.0. The van der Waals surface area contributed by atoms with E-state index in [9.17, 15) is 18.3 Å². The van der Waals surface area contributed by atoms with Crippen LogP contribution in [-0.2, 0) is 14.8 Å². The molecule has 0 bridgehead atoms. The van der Waals surface area contributed by atoms with E-state index in [4.69, 9.17) is 9.84 Å². The van der Waals surface area contributed by atoms with Crippen molar-refractivity contribution < 1.29 is 28.2 Å². The van der Waals surface area contributed by atoms with E-state index in [-0.39, 0.29) is 10.6 Å². The average molecular weight is 303 g/mol. The van der Waals surface area contributed by atoms with E-state index < -0.39 is 34.6 Å². The molecule has 20 heavy (non-hydrogen) atoms. The number of hydrogen-bond acceptors (Lipinski definition) is 5. The molecule has 1 unspecified atom stereocenters. The first-order valence-corrected chi connectivity index (χ1v) is 7.23. The topological polar surface area (TPSA) is 113 Å². The number of sulfonamides is 1. The van der Waals surface area contributed by atoms with Gasteiger partial charge in [-0.1, -0.05) is 12.1 Å². The number of carbonyl (C=O) groups is 1. The van der Waals surface area contributed by atoms with Crippen LogP contribution in [0.5, 0.6) is 5.75 Å². The van der Waals surface area contributed by atoms with Gasteiger partial charge < -0.3 is 14.9 Å². The van der Waals surface area contributed by atoms with E-state index in [1.54, 1.807) is 6.07 Å². The first-order valence-electron chi connectivity index (χ1n) is 5.75. The number of benzene rings is 1. The summed E-state index contributed by atoms with van der Waals surface area (Å²) in [7, 11) is -2.56. The van der Waals surface area contributed by atoms with E-state index in [1.165, 1.54) is 32.2 Å². The Morgan fingerprint density at radius 2 is 2.00 bits per heavy atom. The third-order valence-electron chi connectivity index (χ3n) is 2.53. The summed E-state index contributed by atoms with van der Waals surface area (Å²) < 4.78 is 31.3. The van der Waals surface area contributed by atoms with Crippen molar-refractivity contribution in [1.82, 2.24) is 4.72 Å². The summed E-state index contributed by atoms with van der Waals surface area (Å²) >= 11 is 0. The van der Waals surface area contributed by atoms with E-state index in [0.29, 0.717) is 0 Å². The van der Waals surface area contributed by atoms with Crippen LogP contribution in [0, 0.1) is 0 Å². The molecule has 0 heterocycles. The Bertz CT molecular complexity index is 581. The molecule has 0 spiro atoms. The second-order valence-electron chi connectivity index (χ2n) is 4.54. The maximum absolute atomic E-state index is 12.1. The van der Waals surface area contributed by atoms with E-state index in [1.807, 2.05) is 0 Å². The Labute approximate surface area is 117 Å². The quantitative estimate of drug-likeness (QED) is 0.663. The van der Waals surface area contributed by atoms with E-state index >= 15 is 0 Å². The summed E-state index contributed by atoms with van der Waals surface area (Å²) in [5.41, 5.74) is -1.68. The first-order chi connectivity index (χ1) is 9.18. The highest BCUT2D eigenvalue weighted by molar-refractivity contribution is 7.89. The van der Waals surface area contributed by atoms with Crippen molar-refractivity contribution >= 4 is 16.0 Å². The van der Waals surface area contributed by atoms with Gasteiger partial charge in [-0.3, -0.25) is 4.79 Å². The highest BCUT2D eigenvalue weighted by Crippen LogP contribution is 2.22. The Hall–Kier alpha value is -1.64. The van der Waals surface area contributed by atoms with Gasteiger partial charge in [0.05, 0.1) is 19.1 Å². The SMILES string of the molecule is COc1ccccc1S(=O)(=O)NCC(C)(O)CC(=O)O. The van der Waals surface area contributed by atoms with Crippen molar-refractivity contribution in [1.29, 1.82) is 0 Å². The second-order valence-corrected chi connectivity index (χ2v) is 6.28. The summed E-state index contributed by atoms with van der Waals surface area (Å²) in [5, 5.41) is 18.4. The third-order valence-corrected chi connectivity index (χ3v) is 3.97. The van der Waals surface area contributed by atoms with Gasteiger partial charge in [-0.2, -0.15) is 0 Å². The molecule has 1 rings (SSSR count). The standard InChI is InChI=1S/C12H17NO6S/c1-12(16,7-11(14)15)8-13-20(17,18)10-6-4-3-5-9(10)19-2/h3-6,13,16H,7-8H2,1-2H3,(H,14,15). The van der Waals surface area contributed by atoms with Gasteiger partial charge in [-0.05, 0) is 19.1 Å². The predicted molar refractivity (Wildman–Crippen MR) is 71.1 cm³/mol. The molecule has 1 aromatic carbocycles. The fourth-order valence-electron chi connectivity index (χ4n) is 1.56. The van der Waals surface area contributed by atoms with Crippen molar-refractivity contribution in [3.63, 3.8) is 0 Å². The van der Waals surface area contributed by atoms with Gasteiger partial charge in [0, 0.05) is 6.54 Å². The molecule has 0 amide bonds. The smallest absolute Gasteiger partial charge is 0.306 e. The minimum Gasteiger partial charge on any atom is -0.495 e. The van der Waals surface area contributed by atoms with Gasteiger partial charge in [0.2, 0.25) is 10.0 Å². The molecule has 0 aliphatic heterocycles. The summed E-state index contributed by atoms with van der Waals surface area (Å²) in [6.45, 7) is 0.825. The normalized spacial score (nSPS) is 14.6. The number of aliphatic carboxylic acids is 1. The molecule has 112 valence electrons. The molecule has 7 nitrogen and oxygen atoms in total. The second kappa shape index (κ2) is 6.21. The van der Waals surface area contributed by atoms with Gasteiger partial charge in [0.15, 0.2) is 0 Å². The minimum absolute atomic E-state index is 0.0753. The molecular weight excluding hydrogens is 286 g/mol. The minimum atomic E-state index is -3.90. The lowest BCUT2D eigenvalue weighted by atomic mass is 10.0. The Morgan fingerprint density at radius 1 is 1.40 bits per heavy atom. The Morgan fingerprint density at radius 3 is 2.55 bits per heavy atom. The van der Waals surface area contributed by atoms with Crippen LogP contribution in [0.2, 0.25) is 0 Å². The summed E-state index contributed by atoms with van der Waals surface area (Å²) in [6, 6.07) is 6.00. The van der Waals surface area contributed by atoms with Crippen molar-refractivity contribution in [3.05, 3.63) is 24.3 Å². The number of para-hydroxylation sites is 1. The molecule has 0 aliphatic carbocycles. The van der Waals surface area contributed by atoms with Crippen LogP contribution in [0.4, 0.5) is 0 Å². The van der Waals surface area contributed by atoms with Crippen LogP contribution in [0.3, 0.4) is 0 Å². The highest BCUT2D eigenvalue weighted by atomic mass is 32.2. The molecule has 0 radical (unpaired) electrons. The number of rotatable bonds is 7. The van der Waals surface area contributed by atoms with Crippen LogP contribution in [0.1, 0.15) is 13.3 Å². The van der Waals surface area contributed by atoms with Gasteiger partial charge in [0.1, 0.15) is 10.6 Å². The zero-order chi connectivity index (χ0) is 15.4. The van der Waals surface area contributed by atoms with Crippen molar-refractivity contribution in [2.75, 3.05) is 13.7 Å². The lowest BCUT2D eigenvalue weighted by Gasteiger charge is -2.21. The molecule has 1 aromatic rings. The number of carboxylic acids is 1. The molecular formula is C12H17NO6S. The Balaban J connectivity index is 2.88. The van der Waals surface area contributed by atoms with Crippen LogP contribution < -0.4 is 9.46 Å². The molecule has 0 aromatic heterocycles. The molecule has 0 aliphatic rings. The number of ether oxygens (including phenoxy) is 1. The van der Waals surface area contributed by atoms with E-state index in [2.05, 4.69) is 4.72 Å². The van der Waals surface area contributed by atoms with Crippen LogP contribution >= 0.6 is 0 Å². The molecule has 0 saturated carbocycles. The van der Waals surface area contributed by atoms with Crippen LogP contribution in [0.15, 0.2) is 29.2 Å². The van der Waals surface area contributed by atoms with Gasteiger partial charge in [-0.25, -0.2) is 13.1 Å². The van der Waals surface area contributed by atoms with Crippen molar-refractivity contribution in [3.8, 4) is 5.75 Å². The fourth-order valence-corrected chi connectivity index (χ4v) is 2.89. The van der Waals surface area contributed by atoms with Gasteiger partial charge >= 0.3 is 5.97 Å². The van der Waals surface area contributed by atoms with E-state index in [0.717, 1.165) is 0 Å². The number of carboxylic acid groups (broad SMARTS) is 1. The summed E-state index contributed by atoms with van der Waals surface area (Å²) in [5.74, 6) is -1.05. The highest BCUT2D eigenvalue weighted by Gasteiger charge is 2.28. The maximum atomic E-state index is 12.1. The number of nitrogens with one attached hydrogen (secondary N) is 1. The van der Waals surface area contributed by atoms with Crippen molar-refractivity contribution in [2.45, 2.75) is 23.8 Å². The molecule has 3 N–H and O–H groups in total. The maximum Gasteiger partial charge on any atom is 0.306 e.